The molecule has 0 radical (unpaired) electrons. The molecule has 0 unspecified atom stereocenters. The van der Waals surface area contributed by atoms with E-state index in [-0.39, 0.29) is 17.6 Å². The smallest absolute Gasteiger partial charge is 0.257 e. The number of carbonyl (C=O) groups excluding carboxylic acids is 2. The number of rotatable bonds is 3. The van der Waals surface area contributed by atoms with Crippen LogP contribution in [0.2, 0.25) is 0 Å². The highest BCUT2D eigenvalue weighted by molar-refractivity contribution is 8.15. The number of benzene rings is 2. The van der Waals surface area contributed by atoms with Crippen molar-refractivity contribution < 1.29 is 18.0 Å². The van der Waals surface area contributed by atoms with Crippen LogP contribution >= 0.6 is 11.8 Å². The highest BCUT2D eigenvalue weighted by atomic mass is 32.2. The maximum Gasteiger partial charge on any atom is 0.257 e. The fraction of sp³-hybridized carbons (Fsp3) is 0.375. The van der Waals surface area contributed by atoms with Crippen molar-refractivity contribution in [2.75, 3.05) is 43.4 Å². The predicted molar refractivity (Wildman–Crippen MR) is 133 cm³/mol. The van der Waals surface area contributed by atoms with Gasteiger partial charge in [0.2, 0.25) is 5.91 Å². The number of fused-ring (bicyclic) bond motifs is 3. The first-order valence-corrected chi connectivity index (χ1v) is 13.6. The third kappa shape index (κ3) is 4.09. The maximum absolute atomic E-state index is 13.2. The van der Waals surface area contributed by atoms with Gasteiger partial charge in [-0.1, -0.05) is 30.3 Å². The lowest BCUT2D eigenvalue weighted by molar-refractivity contribution is -0.137. The Bertz CT molecular complexity index is 1280. The molecule has 1 fully saturated rings. The van der Waals surface area contributed by atoms with Crippen LogP contribution in [-0.2, 0) is 20.2 Å². The predicted octanol–water partition coefficient (Wildman–Crippen LogP) is 2.56. The second kappa shape index (κ2) is 8.42. The summed E-state index contributed by atoms with van der Waals surface area (Å²) in [6.45, 7) is 6.16. The number of hydrogen-bond acceptors (Lipinski definition) is 6. The van der Waals surface area contributed by atoms with Crippen LogP contribution in [0.5, 0.6) is 0 Å². The summed E-state index contributed by atoms with van der Waals surface area (Å²) >= 11 is 1.28. The highest BCUT2D eigenvalue weighted by Gasteiger charge is 2.37. The fourth-order valence-corrected chi connectivity index (χ4v) is 6.83. The first-order chi connectivity index (χ1) is 16.2. The van der Waals surface area contributed by atoms with Crippen LogP contribution in [0.3, 0.4) is 0 Å². The molecule has 0 atom stereocenters. The van der Waals surface area contributed by atoms with E-state index in [2.05, 4.69) is 4.40 Å². The first kappa shape index (κ1) is 22.9. The SMILES string of the molecule is CC(C)(C(=O)N1CCN(C(=O)c2ccc3c(c2)SC2=NS(=O)(=O)CCN23)CC1)c1ccccc1. The number of carbonyl (C=O) groups is 2. The number of amidine groups is 1. The Labute approximate surface area is 203 Å². The second-order valence-electron chi connectivity index (χ2n) is 9.17. The lowest BCUT2D eigenvalue weighted by Gasteiger charge is -2.38. The average molecular weight is 499 g/mol. The van der Waals surface area contributed by atoms with Crippen molar-refractivity contribution in [1.29, 1.82) is 0 Å². The molecule has 3 aliphatic heterocycles. The van der Waals surface area contributed by atoms with Crippen LogP contribution < -0.4 is 4.90 Å². The topological polar surface area (TPSA) is 90.4 Å². The molecule has 0 bridgehead atoms. The van der Waals surface area contributed by atoms with Gasteiger partial charge in [-0.15, -0.1) is 4.40 Å². The minimum Gasteiger partial charge on any atom is -0.338 e. The molecule has 1 saturated heterocycles. The Morgan fingerprint density at radius 1 is 0.941 bits per heavy atom. The number of thioether (sulfide) groups is 1. The Balaban J connectivity index is 1.26. The van der Waals surface area contributed by atoms with Crippen molar-refractivity contribution in [3.63, 3.8) is 0 Å². The molecule has 0 aliphatic carbocycles. The van der Waals surface area contributed by atoms with Gasteiger partial charge in [0.15, 0.2) is 5.17 Å². The van der Waals surface area contributed by atoms with Crippen LogP contribution in [0.15, 0.2) is 57.8 Å². The zero-order chi connectivity index (χ0) is 24.1. The van der Waals surface area contributed by atoms with Gasteiger partial charge in [0, 0.05) is 43.2 Å². The van der Waals surface area contributed by atoms with Crippen LogP contribution in [0, 0.1) is 0 Å². The van der Waals surface area contributed by atoms with E-state index in [1.807, 2.05) is 66.1 Å². The van der Waals surface area contributed by atoms with Crippen LogP contribution in [0.25, 0.3) is 0 Å². The number of sulfonamides is 1. The van der Waals surface area contributed by atoms with Crippen LogP contribution in [0.1, 0.15) is 29.8 Å². The van der Waals surface area contributed by atoms with Crippen molar-refractivity contribution >= 4 is 44.5 Å². The highest BCUT2D eigenvalue weighted by Crippen LogP contribution is 2.42. The van der Waals surface area contributed by atoms with E-state index in [4.69, 9.17) is 0 Å². The minimum absolute atomic E-state index is 0.0126. The molecule has 178 valence electrons. The molecule has 8 nitrogen and oxygen atoms in total. The first-order valence-electron chi connectivity index (χ1n) is 11.2. The molecule has 10 heteroatoms. The summed E-state index contributed by atoms with van der Waals surface area (Å²) in [6, 6.07) is 15.2. The number of nitrogens with zero attached hydrogens (tertiary/aromatic N) is 4. The lowest BCUT2D eigenvalue weighted by Crippen LogP contribution is -2.54. The normalized spacial score (nSPS) is 19.4. The summed E-state index contributed by atoms with van der Waals surface area (Å²) in [6.07, 6.45) is 0. The molecule has 2 aromatic carbocycles. The fourth-order valence-electron chi connectivity index (χ4n) is 4.53. The standard InChI is InChI=1S/C24H26N4O4S2/c1-24(2,18-6-4-3-5-7-18)22(30)27-12-10-26(11-13-27)21(29)17-8-9-19-20(16-17)33-23-25-34(31,32)15-14-28(19)23/h3-9,16H,10-15H2,1-2H3. The molecule has 0 N–H and O–H groups in total. The molecule has 0 saturated carbocycles. The summed E-state index contributed by atoms with van der Waals surface area (Å²) in [5.41, 5.74) is 1.78. The quantitative estimate of drug-likeness (QED) is 0.646. The molecule has 0 spiro atoms. The van der Waals surface area contributed by atoms with Gasteiger partial charge < -0.3 is 14.7 Å². The summed E-state index contributed by atoms with van der Waals surface area (Å²) in [5.74, 6) is -0.0364. The number of piperazine rings is 1. The molecule has 3 heterocycles. The number of amides is 2. The molecule has 2 amide bonds. The Kier molecular flexibility index (Phi) is 5.68. The van der Waals surface area contributed by atoms with Gasteiger partial charge in [0.05, 0.1) is 16.9 Å². The average Bonchev–Trinajstić information content (AvgIpc) is 3.19. The molecular weight excluding hydrogens is 472 g/mol. The molecule has 34 heavy (non-hydrogen) atoms. The van der Waals surface area contributed by atoms with Gasteiger partial charge >= 0.3 is 0 Å². The van der Waals surface area contributed by atoms with Gasteiger partial charge in [-0.05, 0) is 49.4 Å². The van der Waals surface area contributed by atoms with Crippen molar-refractivity contribution in [2.24, 2.45) is 4.40 Å². The van der Waals surface area contributed by atoms with Gasteiger partial charge in [0.1, 0.15) is 0 Å². The number of hydrogen-bond donors (Lipinski definition) is 0. The second-order valence-corrected chi connectivity index (χ2v) is 11.9. The van der Waals surface area contributed by atoms with Crippen molar-refractivity contribution in [1.82, 2.24) is 9.80 Å². The lowest BCUT2D eigenvalue weighted by atomic mass is 9.83. The Morgan fingerprint density at radius 3 is 2.32 bits per heavy atom. The zero-order valence-corrected chi connectivity index (χ0v) is 20.7. The van der Waals surface area contributed by atoms with Crippen LogP contribution in [-0.4, -0.2) is 73.7 Å². The van der Waals surface area contributed by atoms with Crippen molar-refractivity contribution in [3.05, 3.63) is 59.7 Å². The largest absolute Gasteiger partial charge is 0.338 e. The minimum atomic E-state index is -3.42. The van der Waals surface area contributed by atoms with E-state index < -0.39 is 15.4 Å². The monoisotopic (exact) mass is 498 g/mol. The molecule has 3 aliphatic rings. The van der Waals surface area contributed by atoms with E-state index in [1.165, 1.54) is 11.8 Å². The molecule has 0 aromatic heterocycles. The summed E-state index contributed by atoms with van der Waals surface area (Å²) in [5, 5.41) is 0.444. The summed E-state index contributed by atoms with van der Waals surface area (Å²) in [4.78, 5) is 32.7. The molecule has 5 rings (SSSR count). The molecular formula is C24H26N4O4S2. The van der Waals surface area contributed by atoms with Crippen molar-refractivity contribution in [3.8, 4) is 0 Å². The summed E-state index contributed by atoms with van der Waals surface area (Å²) < 4.78 is 27.5. The summed E-state index contributed by atoms with van der Waals surface area (Å²) in [7, 11) is -3.42. The zero-order valence-electron chi connectivity index (χ0n) is 19.1. The van der Waals surface area contributed by atoms with E-state index in [1.54, 1.807) is 11.0 Å². The third-order valence-electron chi connectivity index (χ3n) is 6.60. The van der Waals surface area contributed by atoms with Gasteiger partial charge in [0.25, 0.3) is 15.9 Å². The van der Waals surface area contributed by atoms with Crippen LogP contribution in [0.4, 0.5) is 5.69 Å². The van der Waals surface area contributed by atoms with E-state index >= 15 is 0 Å². The maximum atomic E-state index is 13.2. The van der Waals surface area contributed by atoms with E-state index in [0.717, 1.165) is 16.1 Å². The van der Waals surface area contributed by atoms with Crippen molar-refractivity contribution in [2.45, 2.75) is 24.2 Å². The van der Waals surface area contributed by atoms with Gasteiger partial charge in [-0.3, -0.25) is 9.59 Å². The third-order valence-corrected chi connectivity index (χ3v) is 8.91. The van der Waals surface area contributed by atoms with Gasteiger partial charge in [-0.2, -0.15) is 0 Å². The van der Waals surface area contributed by atoms with E-state index in [9.17, 15) is 18.0 Å². The van der Waals surface area contributed by atoms with Gasteiger partial charge in [-0.25, -0.2) is 8.42 Å². The Morgan fingerprint density at radius 2 is 1.62 bits per heavy atom. The molecule has 2 aromatic rings. The van der Waals surface area contributed by atoms with E-state index in [0.29, 0.717) is 43.5 Å². The Hall–Kier alpha value is -2.85. The number of anilines is 1.